The lowest BCUT2D eigenvalue weighted by molar-refractivity contribution is 0.00578. The molecule has 1 aliphatic heterocycles. The molecule has 0 saturated carbocycles. The summed E-state index contributed by atoms with van der Waals surface area (Å²) in [6.07, 6.45) is 0. The Balaban J connectivity index is 1.34. The van der Waals surface area contributed by atoms with Gasteiger partial charge in [-0.1, -0.05) is 115 Å². The SMILES string of the molecule is CC1(C)OB(c2ccc(-c3cc(-c4cc(-c5ccccc5)cc(-c5ccccc5)c4)nc(-c4ccccc4)n3)cc2)OC1(C)C. The van der Waals surface area contributed by atoms with Gasteiger partial charge in [0.25, 0.3) is 0 Å². The smallest absolute Gasteiger partial charge is 0.399 e. The van der Waals surface area contributed by atoms with E-state index >= 15 is 0 Å². The van der Waals surface area contributed by atoms with Crippen LogP contribution in [0.3, 0.4) is 0 Å². The molecule has 1 saturated heterocycles. The van der Waals surface area contributed by atoms with E-state index in [-0.39, 0.29) is 0 Å². The standard InChI is InChI=1S/C40H35BN2O2/c1-39(2)40(3,4)45-41(44-39)35-22-20-30(21-23-35)36-27-37(43-38(42-36)31-18-12-7-13-19-31)34-25-32(28-14-8-5-9-15-28)24-33(26-34)29-16-10-6-11-17-29/h5-27H,1-4H3. The molecule has 5 heteroatoms. The summed E-state index contributed by atoms with van der Waals surface area (Å²) in [5, 5.41) is 0. The van der Waals surface area contributed by atoms with Gasteiger partial charge in [-0.2, -0.15) is 0 Å². The van der Waals surface area contributed by atoms with E-state index in [9.17, 15) is 0 Å². The van der Waals surface area contributed by atoms with Crippen molar-refractivity contribution < 1.29 is 9.31 Å². The van der Waals surface area contributed by atoms with Crippen LogP contribution in [0, 0.1) is 0 Å². The van der Waals surface area contributed by atoms with Crippen LogP contribution >= 0.6 is 0 Å². The first-order valence-corrected chi connectivity index (χ1v) is 15.4. The zero-order chi connectivity index (χ0) is 31.0. The number of benzene rings is 5. The topological polar surface area (TPSA) is 44.2 Å². The maximum absolute atomic E-state index is 6.30. The van der Waals surface area contributed by atoms with Crippen LogP contribution in [0.1, 0.15) is 27.7 Å². The molecule has 1 fully saturated rings. The van der Waals surface area contributed by atoms with Gasteiger partial charge in [0.15, 0.2) is 5.82 Å². The fourth-order valence-electron chi connectivity index (χ4n) is 5.62. The minimum Gasteiger partial charge on any atom is -0.399 e. The molecule has 0 atom stereocenters. The lowest BCUT2D eigenvalue weighted by Crippen LogP contribution is -2.41. The van der Waals surface area contributed by atoms with E-state index < -0.39 is 18.3 Å². The van der Waals surface area contributed by atoms with Crippen LogP contribution in [-0.4, -0.2) is 28.3 Å². The molecule has 0 unspecified atom stereocenters. The number of nitrogens with zero attached hydrogens (tertiary/aromatic N) is 2. The molecule has 5 aromatic carbocycles. The highest BCUT2D eigenvalue weighted by atomic mass is 16.7. The molecule has 0 bridgehead atoms. The lowest BCUT2D eigenvalue weighted by Gasteiger charge is -2.32. The van der Waals surface area contributed by atoms with E-state index in [1.807, 2.05) is 30.3 Å². The van der Waals surface area contributed by atoms with Crippen LogP contribution < -0.4 is 5.46 Å². The van der Waals surface area contributed by atoms with Crippen LogP contribution in [0.5, 0.6) is 0 Å². The zero-order valence-corrected chi connectivity index (χ0v) is 26.1. The van der Waals surface area contributed by atoms with Gasteiger partial charge in [-0.05, 0) is 79.7 Å². The van der Waals surface area contributed by atoms with Crippen LogP contribution in [0.15, 0.2) is 140 Å². The molecule has 0 aliphatic carbocycles. The molecule has 0 radical (unpaired) electrons. The number of hydrogen-bond acceptors (Lipinski definition) is 4. The van der Waals surface area contributed by atoms with Gasteiger partial charge >= 0.3 is 7.12 Å². The Hall–Kier alpha value is -4.84. The van der Waals surface area contributed by atoms with E-state index in [0.717, 1.165) is 55.8 Å². The van der Waals surface area contributed by atoms with Crippen molar-refractivity contribution >= 4 is 12.6 Å². The van der Waals surface area contributed by atoms with Crippen LogP contribution in [0.2, 0.25) is 0 Å². The highest BCUT2D eigenvalue weighted by Crippen LogP contribution is 2.37. The molecule has 7 rings (SSSR count). The maximum Gasteiger partial charge on any atom is 0.494 e. The second-order valence-corrected chi connectivity index (χ2v) is 12.6. The van der Waals surface area contributed by atoms with Crippen LogP contribution in [0.25, 0.3) is 56.2 Å². The third kappa shape index (κ3) is 5.85. The van der Waals surface area contributed by atoms with Crippen LogP contribution in [-0.2, 0) is 9.31 Å². The van der Waals surface area contributed by atoms with Crippen molar-refractivity contribution in [3.63, 3.8) is 0 Å². The molecule has 45 heavy (non-hydrogen) atoms. The van der Waals surface area contributed by atoms with Crippen molar-refractivity contribution in [3.05, 3.63) is 140 Å². The molecule has 0 N–H and O–H groups in total. The quantitative estimate of drug-likeness (QED) is 0.183. The lowest BCUT2D eigenvalue weighted by atomic mass is 9.79. The fourth-order valence-corrected chi connectivity index (χ4v) is 5.62. The Morgan fingerprint density at radius 2 is 0.844 bits per heavy atom. The van der Waals surface area contributed by atoms with E-state index in [2.05, 4.69) is 137 Å². The average molecular weight is 587 g/mol. The summed E-state index contributed by atoms with van der Waals surface area (Å²) in [5.41, 5.74) is 9.51. The highest BCUT2D eigenvalue weighted by Gasteiger charge is 2.51. The van der Waals surface area contributed by atoms with Gasteiger partial charge in [0.2, 0.25) is 0 Å². The molecule has 4 nitrogen and oxygen atoms in total. The van der Waals surface area contributed by atoms with Crippen molar-refractivity contribution in [1.82, 2.24) is 9.97 Å². The van der Waals surface area contributed by atoms with Crippen LogP contribution in [0.4, 0.5) is 0 Å². The van der Waals surface area contributed by atoms with Crippen molar-refractivity contribution in [2.45, 2.75) is 38.9 Å². The normalized spacial score (nSPS) is 15.2. The molecule has 1 aromatic heterocycles. The second kappa shape index (κ2) is 11.6. The van der Waals surface area contributed by atoms with Gasteiger partial charge in [0.1, 0.15) is 0 Å². The van der Waals surface area contributed by atoms with E-state index in [1.54, 1.807) is 0 Å². The fraction of sp³-hybridized carbons (Fsp3) is 0.150. The number of rotatable bonds is 6. The summed E-state index contributed by atoms with van der Waals surface area (Å²) in [4.78, 5) is 10.2. The van der Waals surface area contributed by atoms with Gasteiger partial charge in [0, 0.05) is 16.7 Å². The summed E-state index contributed by atoms with van der Waals surface area (Å²) >= 11 is 0. The predicted octanol–water partition coefficient (Wildman–Crippen LogP) is 9.11. The molecular formula is C40H35BN2O2. The van der Waals surface area contributed by atoms with Crippen molar-refractivity contribution in [2.75, 3.05) is 0 Å². The van der Waals surface area contributed by atoms with Gasteiger partial charge < -0.3 is 9.31 Å². The molecule has 220 valence electrons. The monoisotopic (exact) mass is 586 g/mol. The van der Waals surface area contributed by atoms with E-state index in [0.29, 0.717) is 5.82 Å². The summed E-state index contributed by atoms with van der Waals surface area (Å²) in [6.45, 7) is 8.30. The Labute approximate surface area is 265 Å². The first kappa shape index (κ1) is 28.9. The predicted molar refractivity (Wildman–Crippen MR) is 185 cm³/mol. The second-order valence-electron chi connectivity index (χ2n) is 12.6. The first-order chi connectivity index (χ1) is 21.8. The summed E-state index contributed by atoms with van der Waals surface area (Å²) in [6, 6.07) is 48.3. The first-order valence-electron chi connectivity index (χ1n) is 15.4. The average Bonchev–Trinajstić information content (AvgIpc) is 3.31. The molecule has 0 spiro atoms. The zero-order valence-electron chi connectivity index (χ0n) is 26.1. The minimum absolute atomic E-state index is 0.393. The Kier molecular flexibility index (Phi) is 7.44. The Morgan fingerprint density at radius 1 is 0.422 bits per heavy atom. The third-order valence-corrected chi connectivity index (χ3v) is 8.93. The van der Waals surface area contributed by atoms with E-state index in [4.69, 9.17) is 19.3 Å². The minimum atomic E-state index is -0.415. The summed E-state index contributed by atoms with van der Waals surface area (Å²) in [7, 11) is -0.415. The van der Waals surface area contributed by atoms with Gasteiger partial charge in [0.05, 0.1) is 22.6 Å². The molecular weight excluding hydrogens is 551 g/mol. The van der Waals surface area contributed by atoms with E-state index in [1.165, 1.54) is 0 Å². The molecule has 6 aromatic rings. The van der Waals surface area contributed by atoms with Crippen molar-refractivity contribution in [2.24, 2.45) is 0 Å². The number of aromatic nitrogens is 2. The van der Waals surface area contributed by atoms with Gasteiger partial charge in [-0.3, -0.25) is 0 Å². The molecule has 2 heterocycles. The maximum atomic E-state index is 6.30. The van der Waals surface area contributed by atoms with Crippen molar-refractivity contribution in [3.8, 4) is 56.2 Å². The molecule has 1 aliphatic rings. The Morgan fingerprint density at radius 3 is 1.33 bits per heavy atom. The third-order valence-electron chi connectivity index (χ3n) is 8.93. The summed E-state index contributed by atoms with van der Waals surface area (Å²) in [5.74, 6) is 0.685. The Bertz CT molecular complexity index is 1870. The van der Waals surface area contributed by atoms with Crippen molar-refractivity contribution in [1.29, 1.82) is 0 Å². The number of hydrogen-bond donors (Lipinski definition) is 0. The summed E-state index contributed by atoms with van der Waals surface area (Å²) < 4.78 is 12.6. The molecule has 0 amide bonds. The van der Waals surface area contributed by atoms with Gasteiger partial charge in [-0.15, -0.1) is 0 Å². The highest BCUT2D eigenvalue weighted by molar-refractivity contribution is 6.62. The largest absolute Gasteiger partial charge is 0.494 e. The van der Waals surface area contributed by atoms with Gasteiger partial charge in [-0.25, -0.2) is 9.97 Å².